The minimum Gasteiger partial charge on any atom is -0.496 e. The highest BCUT2D eigenvalue weighted by atomic mass is 16.5. The van der Waals surface area contributed by atoms with Crippen LogP contribution in [0.5, 0.6) is 5.75 Å². The number of benzene rings is 1. The molecule has 4 nitrogen and oxygen atoms in total. The fraction of sp³-hybridized carbons (Fsp3) is 0.333. The van der Waals surface area contributed by atoms with Gasteiger partial charge in [0.15, 0.2) is 0 Å². The van der Waals surface area contributed by atoms with Crippen molar-refractivity contribution in [3.05, 3.63) is 41.9 Å². The Hall–Kier alpha value is -1.94. The minimum atomic E-state index is -0.163. The molecule has 0 saturated heterocycles. The molecular formula is C15H19N3O. The number of hydrogen-bond donors (Lipinski definition) is 1. The number of nitrogens with zero attached hydrogens (tertiary/aromatic N) is 2. The van der Waals surface area contributed by atoms with Crippen LogP contribution in [-0.4, -0.2) is 17.1 Å². The van der Waals surface area contributed by atoms with Crippen LogP contribution < -0.4 is 10.5 Å². The van der Waals surface area contributed by atoms with Gasteiger partial charge in [-0.15, -0.1) is 0 Å². The van der Waals surface area contributed by atoms with Crippen molar-refractivity contribution < 1.29 is 4.74 Å². The molecule has 0 radical (unpaired) electrons. The molecule has 0 fully saturated rings. The zero-order chi connectivity index (χ0) is 13.8. The summed E-state index contributed by atoms with van der Waals surface area (Å²) >= 11 is 0. The lowest BCUT2D eigenvalue weighted by molar-refractivity contribution is 0.410. The molecule has 2 aromatic rings. The second kappa shape index (κ2) is 5.80. The highest BCUT2D eigenvalue weighted by Gasteiger charge is 2.08. The lowest BCUT2D eigenvalue weighted by atomic mass is 10.0. The predicted octanol–water partition coefficient (Wildman–Crippen LogP) is 2.73. The van der Waals surface area contributed by atoms with Gasteiger partial charge in [0.2, 0.25) is 0 Å². The van der Waals surface area contributed by atoms with Crippen molar-refractivity contribution in [3.8, 4) is 17.0 Å². The molecule has 4 heteroatoms. The summed E-state index contributed by atoms with van der Waals surface area (Å²) in [5.41, 5.74) is 8.93. The van der Waals surface area contributed by atoms with E-state index < -0.39 is 0 Å². The van der Waals surface area contributed by atoms with Gasteiger partial charge < -0.3 is 10.5 Å². The molecule has 0 aliphatic carbocycles. The van der Waals surface area contributed by atoms with Gasteiger partial charge >= 0.3 is 0 Å². The van der Waals surface area contributed by atoms with E-state index in [1.807, 2.05) is 25.1 Å². The molecule has 1 aromatic heterocycles. The third-order valence-electron chi connectivity index (χ3n) is 3.04. The van der Waals surface area contributed by atoms with E-state index >= 15 is 0 Å². The summed E-state index contributed by atoms with van der Waals surface area (Å²) in [6.07, 6.45) is 2.67. The minimum absolute atomic E-state index is 0.163. The summed E-state index contributed by atoms with van der Waals surface area (Å²) in [4.78, 5) is 8.68. The predicted molar refractivity (Wildman–Crippen MR) is 76.0 cm³/mol. The number of nitrogens with two attached hydrogens (primary N) is 1. The third-order valence-corrected chi connectivity index (χ3v) is 3.04. The molecule has 2 N–H and O–H groups in total. The van der Waals surface area contributed by atoms with Gasteiger partial charge in [-0.25, -0.2) is 9.97 Å². The summed E-state index contributed by atoms with van der Waals surface area (Å²) in [5, 5.41) is 0. The summed E-state index contributed by atoms with van der Waals surface area (Å²) in [5.74, 6) is 1.57. The monoisotopic (exact) mass is 257 g/mol. The lowest BCUT2D eigenvalue weighted by Gasteiger charge is -2.10. The van der Waals surface area contributed by atoms with Gasteiger partial charge in [-0.3, -0.25) is 0 Å². The van der Waals surface area contributed by atoms with E-state index in [0.29, 0.717) is 5.82 Å². The molecule has 1 heterocycles. The first kappa shape index (κ1) is 13.5. The average molecular weight is 257 g/mol. The maximum Gasteiger partial charge on any atom is 0.145 e. The number of methoxy groups -OCH3 is 1. The van der Waals surface area contributed by atoms with Crippen LogP contribution in [0, 0.1) is 0 Å². The topological polar surface area (TPSA) is 61.0 Å². The van der Waals surface area contributed by atoms with Gasteiger partial charge in [0.25, 0.3) is 0 Å². The molecule has 0 spiro atoms. The van der Waals surface area contributed by atoms with Gasteiger partial charge in [0.05, 0.1) is 18.8 Å². The molecule has 0 aliphatic rings. The molecule has 1 unspecified atom stereocenters. The van der Waals surface area contributed by atoms with Crippen molar-refractivity contribution in [2.75, 3.05) is 7.11 Å². The summed E-state index contributed by atoms with van der Waals surface area (Å²) in [7, 11) is 1.69. The Morgan fingerprint density at radius 1 is 1.32 bits per heavy atom. The second-order valence-corrected chi connectivity index (χ2v) is 4.47. The first-order valence-corrected chi connectivity index (χ1v) is 6.41. The fourth-order valence-electron chi connectivity index (χ4n) is 1.97. The Balaban J connectivity index is 2.44. The molecule has 100 valence electrons. The molecule has 1 aromatic carbocycles. The Bertz CT molecular complexity index is 567. The molecule has 0 amide bonds. The highest BCUT2D eigenvalue weighted by molar-refractivity contribution is 5.61. The maximum absolute atomic E-state index is 5.82. The summed E-state index contributed by atoms with van der Waals surface area (Å²) in [6.45, 7) is 3.99. The van der Waals surface area contributed by atoms with Gasteiger partial charge in [0.1, 0.15) is 11.6 Å². The molecule has 0 saturated carbocycles. The third kappa shape index (κ3) is 2.90. The zero-order valence-electron chi connectivity index (χ0n) is 11.6. The van der Waals surface area contributed by atoms with E-state index in [1.54, 1.807) is 13.3 Å². The quantitative estimate of drug-likeness (QED) is 0.914. The average Bonchev–Trinajstić information content (AvgIpc) is 2.46. The van der Waals surface area contributed by atoms with Crippen LogP contribution in [0.25, 0.3) is 11.3 Å². The molecule has 0 aliphatic heterocycles. The zero-order valence-corrected chi connectivity index (χ0v) is 11.6. The van der Waals surface area contributed by atoms with Crippen LogP contribution in [0.15, 0.2) is 30.5 Å². The lowest BCUT2D eigenvalue weighted by Crippen LogP contribution is -2.09. The van der Waals surface area contributed by atoms with Crippen molar-refractivity contribution in [2.24, 2.45) is 5.73 Å². The normalized spacial score (nSPS) is 12.2. The van der Waals surface area contributed by atoms with E-state index in [2.05, 4.69) is 23.0 Å². The van der Waals surface area contributed by atoms with Gasteiger partial charge in [-0.05, 0) is 43.2 Å². The van der Waals surface area contributed by atoms with E-state index in [1.165, 1.54) is 5.56 Å². The highest BCUT2D eigenvalue weighted by Crippen LogP contribution is 2.26. The van der Waals surface area contributed by atoms with Crippen molar-refractivity contribution in [1.29, 1.82) is 0 Å². The fourth-order valence-corrected chi connectivity index (χ4v) is 1.97. The van der Waals surface area contributed by atoms with Crippen LogP contribution in [0.4, 0.5) is 0 Å². The van der Waals surface area contributed by atoms with Crippen molar-refractivity contribution in [3.63, 3.8) is 0 Å². The van der Waals surface area contributed by atoms with E-state index in [9.17, 15) is 0 Å². The molecular weight excluding hydrogens is 238 g/mol. The Morgan fingerprint density at radius 2 is 2.11 bits per heavy atom. The maximum atomic E-state index is 5.82. The number of hydrogen-bond acceptors (Lipinski definition) is 4. The van der Waals surface area contributed by atoms with Gasteiger partial charge in [-0.1, -0.05) is 6.92 Å². The first-order chi connectivity index (χ1) is 9.15. The van der Waals surface area contributed by atoms with Crippen LogP contribution in [0.2, 0.25) is 0 Å². The number of aryl methyl sites for hydroxylation is 1. The van der Waals surface area contributed by atoms with Crippen molar-refractivity contribution >= 4 is 0 Å². The van der Waals surface area contributed by atoms with E-state index in [4.69, 9.17) is 10.5 Å². The standard InChI is InChI=1S/C15H19N3O/c1-4-11-9-12(5-6-14(11)19-3)13-7-8-17-15(18-13)10(2)16/h5-10H,4,16H2,1-3H3. The molecule has 19 heavy (non-hydrogen) atoms. The van der Waals surface area contributed by atoms with Crippen molar-refractivity contribution in [1.82, 2.24) is 9.97 Å². The summed E-state index contributed by atoms with van der Waals surface area (Å²) in [6, 6.07) is 7.82. The van der Waals surface area contributed by atoms with Crippen LogP contribution in [0.3, 0.4) is 0 Å². The van der Waals surface area contributed by atoms with E-state index in [-0.39, 0.29) is 6.04 Å². The van der Waals surface area contributed by atoms with Crippen LogP contribution >= 0.6 is 0 Å². The number of ether oxygens (including phenoxy) is 1. The smallest absolute Gasteiger partial charge is 0.145 e. The summed E-state index contributed by atoms with van der Waals surface area (Å²) < 4.78 is 5.34. The van der Waals surface area contributed by atoms with Crippen LogP contribution in [0.1, 0.15) is 31.3 Å². The van der Waals surface area contributed by atoms with E-state index in [0.717, 1.165) is 23.4 Å². The number of rotatable bonds is 4. The molecule has 2 rings (SSSR count). The first-order valence-electron chi connectivity index (χ1n) is 6.41. The van der Waals surface area contributed by atoms with Gasteiger partial charge in [-0.2, -0.15) is 0 Å². The Morgan fingerprint density at radius 3 is 2.74 bits per heavy atom. The van der Waals surface area contributed by atoms with Gasteiger partial charge in [0, 0.05) is 11.8 Å². The van der Waals surface area contributed by atoms with Crippen molar-refractivity contribution in [2.45, 2.75) is 26.3 Å². The Kier molecular flexibility index (Phi) is 4.12. The Labute approximate surface area is 113 Å². The molecule has 0 bridgehead atoms. The largest absolute Gasteiger partial charge is 0.496 e. The molecule has 1 atom stereocenters. The SMILES string of the molecule is CCc1cc(-c2ccnc(C(C)N)n2)ccc1OC. The van der Waals surface area contributed by atoms with Crippen LogP contribution in [-0.2, 0) is 6.42 Å². The second-order valence-electron chi connectivity index (χ2n) is 4.47. The number of aromatic nitrogens is 2.